The number of amides is 1. The molecular weight excluding hydrogens is 391 g/mol. The Morgan fingerprint density at radius 1 is 0.897 bits per heavy atom. The Kier molecular flexibility index (Phi) is 5.70. The van der Waals surface area contributed by atoms with Crippen LogP contribution in [0, 0.1) is 26.6 Å². The number of nitrogens with one attached hydrogen (secondary N) is 2. The highest BCUT2D eigenvalue weighted by molar-refractivity contribution is 7.92. The number of benzene rings is 3. The average molecular weight is 412 g/mol. The van der Waals surface area contributed by atoms with Crippen molar-refractivity contribution in [3.8, 4) is 0 Å². The molecule has 29 heavy (non-hydrogen) atoms. The van der Waals surface area contributed by atoms with Crippen LogP contribution >= 0.6 is 0 Å². The molecule has 0 aliphatic carbocycles. The third-order valence-corrected chi connectivity index (χ3v) is 5.72. The summed E-state index contributed by atoms with van der Waals surface area (Å²) in [7, 11) is -4.06. The molecule has 3 aromatic carbocycles. The first kappa shape index (κ1) is 20.5. The number of hydrogen-bond acceptors (Lipinski definition) is 3. The smallest absolute Gasteiger partial charge is 0.262 e. The molecule has 3 rings (SSSR count). The highest BCUT2D eigenvalue weighted by Gasteiger charge is 2.19. The highest BCUT2D eigenvalue weighted by atomic mass is 32.2. The molecule has 0 saturated carbocycles. The maximum absolute atomic E-state index is 13.8. The molecule has 0 spiro atoms. The molecule has 3 aromatic rings. The summed E-state index contributed by atoms with van der Waals surface area (Å²) in [6, 6.07) is 15.4. The van der Waals surface area contributed by atoms with E-state index < -0.39 is 21.7 Å². The fourth-order valence-corrected chi connectivity index (χ4v) is 4.10. The predicted molar refractivity (Wildman–Crippen MR) is 112 cm³/mol. The predicted octanol–water partition coefficient (Wildman–Crippen LogP) is 4.80. The van der Waals surface area contributed by atoms with Gasteiger partial charge in [0.05, 0.1) is 10.6 Å². The van der Waals surface area contributed by atoms with Gasteiger partial charge in [-0.15, -0.1) is 0 Å². The molecule has 1 amide bonds. The van der Waals surface area contributed by atoms with E-state index >= 15 is 0 Å². The highest BCUT2D eigenvalue weighted by Crippen LogP contribution is 2.22. The second kappa shape index (κ2) is 8.05. The van der Waals surface area contributed by atoms with E-state index in [-0.39, 0.29) is 16.1 Å². The summed E-state index contributed by atoms with van der Waals surface area (Å²) < 4.78 is 41.4. The maximum atomic E-state index is 13.8. The number of aryl methyl sites for hydroxylation is 3. The van der Waals surface area contributed by atoms with Gasteiger partial charge in [-0.1, -0.05) is 24.3 Å². The van der Waals surface area contributed by atoms with Crippen molar-refractivity contribution >= 4 is 27.3 Å². The van der Waals surface area contributed by atoms with Crippen molar-refractivity contribution in [1.82, 2.24) is 0 Å². The number of sulfonamides is 1. The van der Waals surface area contributed by atoms with Gasteiger partial charge in [0, 0.05) is 11.3 Å². The second-order valence-corrected chi connectivity index (χ2v) is 8.57. The SMILES string of the molecule is Cc1cc(C)cc(NC(=O)c2cc(S(=O)(=O)Nc3ccccc3F)ccc2C)c1. The molecule has 7 heteroatoms. The fraction of sp³-hybridized carbons (Fsp3) is 0.136. The van der Waals surface area contributed by atoms with Crippen LogP contribution < -0.4 is 10.0 Å². The Bertz CT molecular complexity index is 1170. The van der Waals surface area contributed by atoms with Gasteiger partial charge in [0.1, 0.15) is 5.82 Å². The van der Waals surface area contributed by atoms with Crippen molar-refractivity contribution in [2.24, 2.45) is 0 Å². The van der Waals surface area contributed by atoms with E-state index in [9.17, 15) is 17.6 Å². The number of anilines is 2. The minimum atomic E-state index is -4.06. The van der Waals surface area contributed by atoms with Crippen LogP contribution in [0.15, 0.2) is 65.6 Å². The Morgan fingerprint density at radius 3 is 2.21 bits per heavy atom. The molecular formula is C22H21FN2O3S. The van der Waals surface area contributed by atoms with Crippen molar-refractivity contribution in [2.75, 3.05) is 10.0 Å². The number of carbonyl (C=O) groups is 1. The van der Waals surface area contributed by atoms with Crippen LogP contribution in [0.4, 0.5) is 15.8 Å². The van der Waals surface area contributed by atoms with Crippen molar-refractivity contribution in [2.45, 2.75) is 25.7 Å². The summed E-state index contributed by atoms with van der Waals surface area (Å²) >= 11 is 0. The van der Waals surface area contributed by atoms with E-state index in [1.807, 2.05) is 32.0 Å². The molecule has 0 fully saturated rings. The largest absolute Gasteiger partial charge is 0.322 e. The van der Waals surface area contributed by atoms with Gasteiger partial charge in [-0.2, -0.15) is 0 Å². The topological polar surface area (TPSA) is 75.3 Å². The molecule has 0 saturated heterocycles. The number of carbonyl (C=O) groups excluding carboxylic acids is 1. The molecule has 0 aliphatic heterocycles. The zero-order valence-corrected chi connectivity index (χ0v) is 17.1. The van der Waals surface area contributed by atoms with Crippen LogP contribution in [0.1, 0.15) is 27.0 Å². The van der Waals surface area contributed by atoms with E-state index in [0.717, 1.165) is 17.2 Å². The molecule has 0 aromatic heterocycles. The Labute approximate surface area is 169 Å². The third kappa shape index (κ3) is 4.81. The van der Waals surface area contributed by atoms with Gasteiger partial charge >= 0.3 is 0 Å². The summed E-state index contributed by atoms with van der Waals surface area (Å²) in [4.78, 5) is 12.6. The first-order valence-corrected chi connectivity index (χ1v) is 10.4. The molecule has 0 bridgehead atoms. The van der Waals surface area contributed by atoms with E-state index in [1.54, 1.807) is 13.0 Å². The number of hydrogen-bond donors (Lipinski definition) is 2. The number of rotatable bonds is 5. The maximum Gasteiger partial charge on any atom is 0.262 e. The minimum Gasteiger partial charge on any atom is -0.322 e. The molecule has 150 valence electrons. The summed E-state index contributed by atoms with van der Waals surface area (Å²) in [5.41, 5.74) is 3.32. The molecule has 5 nitrogen and oxygen atoms in total. The second-order valence-electron chi connectivity index (χ2n) is 6.89. The lowest BCUT2D eigenvalue weighted by molar-refractivity contribution is 0.102. The average Bonchev–Trinajstić information content (AvgIpc) is 2.62. The van der Waals surface area contributed by atoms with Gasteiger partial charge < -0.3 is 5.32 Å². The van der Waals surface area contributed by atoms with Crippen LogP contribution in [0.5, 0.6) is 0 Å². The van der Waals surface area contributed by atoms with Gasteiger partial charge in [0.2, 0.25) is 0 Å². The van der Waals surface area contributed by atoms with Gasteiger partial charge in [-0.25, -0.2) is 12.8 Å². The van der Waals surface area contributed by atoms with Crippen molar-refractivity contribution in [3.05, 3.63) is 88.7 Å². The van der Waals surface area contributed by atoms with E-state index in [2.05, 4.69) is 10.0 Å². The van der Waals surface area contributed by atoms with Crippen LogP contribution in [-0.4, -0.2) is 14.3 Å². The third-order valence-electron chi connectivity index (χ3n) is 4.36. The van der Waals surface area contributed by atoms with E-state index in [1.165, 1.54) is 30.3 Å². The first-order valence-electron chi connectivity index (χ1n) is 8.93. The quantitative estimate of drug-likeness (QED) is 0.632. The Balaban J connectivity index is 1.91. The number of halogens is 1. The standard InChI is InChI=1S/C22H21FN2O3S/c1-14-10-15(2)12-17(11-14)24-22(26)19-13-18(9-8-16(19)3)29(27,28)25-21-7-5-4-6-20(21)23/h4-13,25H,1-3H3,(H,24,26). The Morgan fingerprint density at radius 2 is 1.55 bits per heavy atom. The Hall–Kier alpha value is -3.19. The van der Waals surface area contributed by atoms with Crippen molar-refractivity contribution in [3.63, 3.8) is 0 Å². The van der Waals surface area contributed by atoms with Crippen LogP contribution in [-0.2, 0) is 10.0 Å². The zero-order valence-electron chi connectivity index (χ0n) is 16.3. The zero-order chi connectivity index (χ0) is 21.2. The molecule has 2 N–H and O–H groups in total. The minimum absolute atomic E-state index is 0.128. The summed E-state index contributed by atoms with van der Waals surface area (Å²) in [6.07, 6.45) is 0. The molecule has 0 radical (unpaired) electrons. The molecule has 0 atom stereocenters. The summed E-state index contributed by atoms with van der Waals surface area (Å²) in [5, 5.41) is 2.80. The van der Waals surface area contributed by atoms with Gasteiger partial charge in [0.15, 0.2) is 0 Å². The lowest BCUT2D eigenvalue weighted by atomic mass is 10.1. The van der Waals surface area contributed by atoms with Gasteiger partial charge in [-0.3, -0.25) is 9.52 Å². The van der Waals surface area contributed by atoms with Crippen LogP contribution in [0.3, 0.4) is 0 Å². The van der Waals surface area contributed by atoms with Crippen LogP contribution in [0.25, 0.3) is 0 Å². The molecule has 0 heterocycles. The first-order chi connectivity index (χ1) is 13.7. The fourth-order valence-electron chi connectivity index (χ4n) is 3.01. The summed E-state index contributed by atoms with van der Waals surface area (Å²) in [6.45, 7) is 5.57. The lowest BCUT2D eigenvalue weighted by Gasteiger charge is -2.13. The normalized spacial score (nSPS) is 11.2. The molecule has 0 unspecified atom stereocenters. The van der Waals surface area contributed by atoms with E-state index in [4.69, 9.17) is 0 Å². The summed E-state index contributed by atoms with van der Waals surface area (Å²) in [5.74, 6) is -1.11. The number of para-hydroxylation sites is 1. The van der Waals surface area contributed by atoms with Crippen LogP contribution in [0.2, 0.25) is 0 Å². The van der Waals surface area contributed by atoms with Crippen molar-refractivity contribution < 1.29 is 17.6 Å². The monoisotopic (exact) mass is 412 g/mol. The van der Waals surface area contributed by atoms with Crippen molar-refractivity contribution in [1.29, 1.82) is 0 Å². The van der Waals surface area contributed by atoms with E-state index in [0.29, 0.717) is 11.3 Å². The molecule has 0 aliphatic rings. The van der Waals surface area contributed by atoms with Gasteiger partial charge in [-0.05, 0) is 73.9 Å². The van der Waals surface area contributed by atoms with Gasteiger partial charge in [0.25, 0.3) is 15.9 Å². The lowest BCUT2D eigenvalue weighted by Crippen LogP contribution is -2.17.